The van der Waals surface area contributed by atoms with Crippen molar-refractivity contribution in [3.63, 3.8) is 0 Å². The number of hydrogen-bond acceptors (Lipinski definition) is 1. The van der Waals surface area contributed by atoms with Crippen LogP contribution in [0.4, 0.5) is 0 Å². The van der Waals surface area contributed by atoms with Crippen LogP contribution in [0.5, 0.6) is 0 Å². The first kappa shape index (κ1) is 9.53. The van der Waals surface area contributed by atoms with Crippen molar-refractivity contribution in [2.24, 2.45) is 0 Å². The highest BCUT2D eigenvalue weighted by atomic mass is 32.1. The first-order chi connectivity index (χ1) is 5.84. The summed E-state index contributed by atoms with van der Waals surface area (Å²) in [4.78, 5) is 0. The Hall–Kier alpha value is -0.560. The molecule has 1 atom stereocenters. The summed E-state index contributed by atoms with van der Waals surface area (Å²) in [5, 5.41) is 4.39. The summed E-state index contributed by atoms with van der Waals surface area (Å²) in [6.07, 6.45) is 6.84. The zero-order chi connectivity index (χ0) is 8.81. The fourth-order valence-corrected chi connectivity index (χ4v) is 1.94. The fourth-order valence-electron chi connectivity index (χ4n) is 1.16. The van der Waals surface area contributed by atoms with E-state index in [-0.39, 0.29) is 0 Å². The second-order valence-corrected chi connectivity index (χ2v) is 3.85. The number of hydrogen-bond donors (Lipinski definition) is 0. The monoisotopic (exact) mass is 180 g/mol. The number of allylic oxidation sites excluding steroid dienone is 2. The highest BCUT2D eigenvalue weighted by Gasteiger charge is 2.02. The lowest BCUT2D eigenvalue weighted by atomic mass is 10.0. The third-order valence-corrected chi connectivity index (χ3v) is 2.71. The zero-order valence-electron chi connectivity index (χ0n) is 7.79. The van der Waals surface area contributed by atoms with Crippen LogP contribution in [0.25, 0.3) is 0 Å². The molecule has 1 heteroatoms. The van der Waals surface area contributed by atoms with Crippen molar-refractivity contribution < 1.29 is 0 Å². The smallest absolute Gasteiger partial charge is 0.00584 e. The van der Waals surface area contributed by atoms with Gasteiger partial charge in [0.25, 0.3) is 0 Å². The van der Waals surface area contributed by atoms with Gasteiger partial charge in [0.1, 0.15) is 0 Å². The van der Waals surface area contributed by atoms with Gasteiger partial charge < -0.3 is 0 Å². The lowest BCUT2D eigenvalue weighted by molar-refractivity contribution is 0.782. The average molecular weight is 180 g/mol. The molecule has 0 aromatic carbocycles. The highest BCUT2D eigenvalue weighted by Crippen LogP contribution is 2.21. The Kier molecular flexibility index (Phi) is 4.09. The van der Waals surface area contributed by atoms with Crippen molar-refractivity contribution in [3.05, 3.63) is 34.5 Å². The predicted octanol–water partition coefficient (Wildman–Crippen LogP) is 4.21. The molecule has 0 nitrogen and oxygen atoms in total. The van der Waals surface area contributed by atoms with Gasteiger partial charge in [-0.2, -0.15) is 11.3 Å². The maximum Gasteiger partial charge on any atom is -0.00584 e. The lowest BCUT2D eigenvalue weighted by Gasteiger charge is -2.04. The largest absolute Gasteiger partial charge is 0.152 e. The van der Waals surface area contributed by atoms with Crippen LogP contribution in [0.3, 0.4) is 0 Å². The van der Waals surface area contributed by atoms with Gasteiger partial charge in [-0.1, -0.05) is 26.0 Å². The molecular formula is C11H16S. The number of rotatable bonds is 4. The maximum atomic E-state index is 2.28. The van der Waals surface area contributed by atoms with E-state index in [4.69, 9.17) is 0 Å². The van der Waals surface area contributed by atoms with Gasteiger partial charge in [-0.15, -0.1) is 0 Å². The Labute approximate surface area is 78.9 Å². The van der Waals surface area contributed by atoms with E-state index in [1.807, 2.05) is 0 Å². The highest BCUT2D eigenvalue weighted by molar-refractivity contribution is 7.07. The summed E-state index contributed by atoms with van der Waals surface area (Å²) < 4.78 is 0. The lowest BCUT2D eigenvalue weighted by Crippen LogP contribution is -1.87. The Morgan fingerprint density at radius 2 is 2.33 bits per heavy atom. The van der Waals surface area contributed by atoms with Crippen LogP contribution in [0.15, 0.2) is 29.0 Å². The van der Waals surface area contributed by atoms with Gasteiger partial charge in [0.2, 0.25) is 0 Å². The molecule has 0 aliphatic carbocycles. The normalized spacial score (nSPS) is 13.8. The van der Waals surface area contributed by atoms with Gasteiger partial charge in [-0.05, 0) is 41.1 Å². The molecule has 0 saturated carbocycles. The summed E-state index contributed by atoms with van der Waals surface area (Å²) in [6, 6.07) is 2.22. The van der Waals surface area contributed by atoms with E-state index in [0.29, 0.717) is 5.92 Å². The van der Waals surface area contributed by atoms with Crippen molar-refractivity contribution in [2.45, 2.75) is 32.6 Å². The third kappa shape index (κ3) is 2.82. The summed E-state index contributed by atoms with van der Waals surface area (Å²) in [5.74, 6) is 0.680. The van der Waals surface area contributed by atoms with Gasteiger partial charge in [-0.25, -0.2) is 0 Å². The molecule has 1 heterocycles. The third-order valence-electron chi connectivity index (χ3n) is 2.00. The molecule has 0 saturated heterocycles. The van der Waals surface area contributed by atoms with Crippen LogP contribution >= 0.6 is 11.3 Å². The van der Waals surface area contributed by atoms with Crippen LogP contribution < -0.4 is 0 Å². The SMILES string of the molecule is CC/C=C\CC(C)c1ccsc1. The molecule has 1 aromatic heterocycles. The summed E-state index contributed by atoms with van der Waals surface area (Å²) in [6.45, 7) is 4.45. The molecule has 0 spiro atoms. The molecule has 1 aromatic rings. The summed E-state index contributed by atoms with van der Waals surface area (Å²) in [5.41, 5.74) is 1.47. The fraction of sp³-hybridized carbons (Fsp3) is 0.455. The minimum atomic E-state index is 0.680. The second kappa shape index (κ2) is 5.15. The van der Waals surface area contributed by atoms with E-state index < -0.39 is 0 Å². The quantitative estimate of drug-likeness (QED) is 0.609. The van der Waals surface area contributed by atoms with Crippen molar-refractivity contribution in [1.82, 2.24) is 0 Å². The molecule has 0 N–H and O–H groups in total. The topological polar surface area (TPSA) is 0 Å². The molecule has 66 valence electrons. The van der Waals surface area contributed by atoms with Crippen molar-refractivity contribution in [2.75, 3.05) is 0 Å². The maximum absolute atomic E-state index is 2.28. The van der Waals surface area contributed by atoms with E-state index in [9.17, 15) is 0 Å². The van der Waals surface area contributed by atoms with E-state index in [2.05, 4.69) is 42.8 Å². The molecular weight excluding hydrogens is 164 g/mol. The van der Waals surface area contributed by atoms with Gasteiger partial charge in [0, 0.05) is 0 Å². The Balaban J connectivity index is 2.39. The van der Waals surface area contributed by atoms with E-state index in [1.165, 1.54) is 12.0 Å². The van der Waals surface area contributed by atoms with Crippen LogP contribution in [0.2, 0.25) is 0 Å². The summed E-state index contributed by atoms with van der Waals surface area (Å²) >= 11 is 1.78. The van der Waals surface area contributed by atoms with E-state index in [0.717, 1.165) is 6.42 Å². The van der Waals surface area contributed by atoms with Crippen LogP contribution in [0, 0.1) is 0 Å². The average Bonchev–Trinajstić information content (AvgIpc) is 2.56. The Bertz CT molecular complexity index is 221. The molecule has 0 fully saturated rings. The van der Waals surface area contributed by atoms with Gasteiger partial charge >= 0.3 is 0 Å². The summed E-state index contributed by atoms with van der Waals surface area (Å²) in [7, 11) is 0. The Morgan fingerprint density at radius 1 is 1.50 bits per heavy atom. The minimum Gasteiger partial charge on any atom is -0.152 e. The zero-order valence-corrected chi connectivity index (χ0v) is 8.60. The minimum absolute atomic E-state index is 0.680. The molecule has 1 rings (SSSR count). The molecule has 0 radical (unpaired) electrons. The Morgan fingerprint density at radius 3 is 2.92 bits per heavy atom. The molecule has 0 amide bonds. The van der Waals surface area contributed by atoms with Crippen LogP contribution in [0.1, 0.15) is 38.2 Å². The van der Waals surface area contributed by atoms with Gasteiger partial charge in [0.15, 0.2) is 0 Å². The van der Waals surface area contributed by atoms with E-state index in [1.54, 1.807) is 11.3 Å². The predicted molar refractivity (Wildman–Crippen MR) is 56.8 cm³/mol. The van der Waals surface area contributed by atoms with Gasteiger partial charge in [-0.3, -0.25) is 0 Å². The molecule has 0 aliphatic heterocycles. The van der Waals surface area contributed by atoms with Crippen LogP contribution in [-0.2, 0) is 0 Å². The van der Waals surface area contributed by atoms with Crippen LogP contribution in [-0.4, -0.2) is 0 Å². The standard InChI is InChI=1S/C11H16S/c1-3-4-5-6-10(2)11-7-8-12-9-11/h4-5,7-10H,3,6H2,1-2H3/b5-4-. The van der Waals surface area contributed by atoms with Crippen molar-refractivity contribution >= 4 is 11.3 Å². The molecule has 0 bridgehead atoms. The molecule has 12 heavy (non-hydrogen) atoms. The van der Waals surface area contributed by atoms with Gasteiger partial charge in [0.05, 0.1) is 0 Å². The molecule has 1 unspecified atom stereocenters. The first-order valence-corrected chi connectivity index (χ1v) is 5.46. The number of thiophene rings is 1. The van der Waals surface area contributed by atoms with E-state index >= 15 is 0 Å². The van der Waals surface area contributed by atoms with Crippen molar-refractivity contribution in [3.8, 4) is 0 Å². The molecule has 0 aliphatic rings. The second-order valence-electron chi connectivity index (χ2n) is 3.07. The first-order valence-electron chi connectivity index (χ1n) is 4.51. The van der Waals surface area contributed by atoms with Crippen molar-refractivity contribution in [1.29, 1.82) is 0 Å².